The molecule has 3 N–H and O–H groups in total. The minimum absolute atomic E-state index is 0.0145. The van der Waals surface area contributed by atoms with Gasteiger partial charge in [0.05, 0.1) is 12.5 Å². The Morgan fingerprint density at radius 3 is 3.16 bits per heavy atom. The standard InChI is InChI=1S/C12H21N5OS/c1-2-5-14-12-16-15-10(19-12)8-17-6-3-4-9(7-17)11(13)18/h9H,2-8H2,1H3,(H2,13,18)(H,14,16). The Kier molecular flexibility index (Phi) is 5.09. The number of nitrogens with zero attached hydrogens (tertiary/aromatic N) is 3. The van der Waals surface area contributed by atoms with E-state index in [2.05, 4.69) is 27.3 Å². The molecular weight excluding hydrogens is 262 g/mol. The van der Waals surface area contributed by atoms with Crippen LogP contribution in [0.25, 0.3) is 0 Å². The minimum atomic E-state index is -0.188. The zero-order valence-corrected chi connectivity index (χ0v) is 12.1. The maximum Gasteiger partial charge on any atom is 0.221 e. The molecule has 0 aromatic carbocycles. The number of carbonyl (C=O) groups is 1. The van der Waals surface area contributed by atoms with Crippen molar-refractivity contribution in [2.45, 2.75) is 32.7 Å². The zero-order valence-electron chi connectivity index (χ0n) is 11.3. The maximum absolute atomic E-state index is 11.2. The third-order valence-electron chi connectivity index (χ3n) is 3.26. The van der Waals surface area contributed by atoms with Gasteiger partial charge in [-0.25, -0.2) is 0 Å². The second-order valence-electron chi connectivity index (χ2n) is 4.90. The maximum atomic E-state index is 11.2. The van der Waals surface area contributed by atoms with Gasteiger partial charge in [-0.15, -0.1) is 10.2 Å². The summed E-state index contributed by atoms with van der Waals surface area (Å²) >= 11 is 1.58. The van der Waals surface area contributed by atoms with Crippen LogP contribution in [0.5, 0.6) is 0 Å². The lowest BCUT2D eigenvalue weighted by molar-refractivity contribution is -0.123. The summed E-state index contributed by atoms with van der Waals surface area (Å²) < 4.78 is 0. The second kappa shape index (κ2) is 6.81. The molecule has 0 saturated carbocycles. The molecule has 19 heavy (non-hydrogen) atoms. The lowest BCUT2D eigenvalue weighted by Gasteiger charge is -2.30. The number of rotatable bonds is 6. The first-order valence-electron chi connectivity index (χ1n) is 6.77. The molecule has 6 nitrogen and oxygen atoms in total. The van der Waals surface area contributed by atoms with Crippen molar-refractivity contribution in [2.24, 2.45) is 11.7 Å². The molecule has 2 rings (SSSR count). The smallest absolute Gasteiger partial charge is 0.221 e. The lowest BCUT2D eigenvalue weighted by Crippen LogP contribution is -2.40. The van der Waals surface area contributed by atoms with E-state index in [-0.39, 0.29) is 11.8 Å². The summed E-state index contributed by atoms with van der Waals surface area (Å²) in [5.74, 6) is -0.202. The highest BCUT2D eigenvalue weighted by molar-refractivity contribution is 7.15. The largest absolute Gasteiger partial charge is 0.369 e. The summed E-state index contributed by atoms with van der Waals surface area (Å²) in [7, 11) is 0. The molecule has 1 aromatic heterocycles. The number of primary amides is 1. The number of amides is 1. The van der Waals surface area contributed by atoms with E-state index in [1.165, 1.54) is 0 Å². The number of aromatic nitrogens is 2. The van der Waals surface area contributed by atoms with Crippen molar-refractivity contribution in [3.05, 3.63) is 5.01 Å². The summed E-state index contributed by atoms with van der Waals surface area (Å²) in [6.07, 6.45) is 3.00. The predicted octanol–water partition coefficient (Wildman–Crippen LogP) is 1.06. The summed E-state index contributed by atoms with van der Waals surface area (Å²) in [6, 6.07) is 0. The van der Waals surface area contributed by atoms with E-state index in [4.69, 9.17) is 5.73 Å². The summed E-state index contributed by atoms with van der Waals surface area (Å²) in [5.41, 5.74) is 5.38. The van der Waals surface area contributed by atoms with E-state index < -0.39 is 0 Å². The number of hydrogen-bond acceptors (Lipinski definition) is 6. The van der Waals surface area contributed by atoms with Crippen molar-refractivity contribution < 1.29 is 4.79 Å². The molecule has 1 fully saturated rings. The van der Waals surface area contributed by atoms with Crippen molar-refractivity contribution in [2.75, 3.05) is 25.0 Å². The van der Waals surface area contributed by atoms with Crippen LogP contribution in [0.4, 0.5) is 5.13 Å². The molecule has 0 bridgehead atoms. The third kappa shape index (κ3) is 4.14. The molecule has 1 unspecified atom stereocenters. The highest BCUT2D eigenvalue weighted by atomic mass is 32.1. The van der Waals surface area contributed by atoms with Gasteiger partial charge in [-0.2, -0.15) is 0 Å². The second-order valence-corrected chi connectivity index (χ2v) is 5.97. The van der Waals surface area contributed by atoms with Crippen LogP contribution in [0.2, 0.25) is 0 Å². The number of hydrogen-bond donors (Lipinski definition) is 2. The van der Waals surface area contributed by atoms with Crippen LogP contribution >= 0.6 is 11.3 Å². The fourth-order valence-corrected chi connectivity index (χ4v) is 3.05. The molecule has 1 atom stereocenters. The normalized spacial score (nSPS) is 20.4. The molecule has 1 aliphatic heterocycles. The fraction of sp³-hybridized carbons (Fsp3) is 0.750. The van der Waals surface area contributed by atoms with Crippen molar-refractivity contribution in [3.8, 4) is 0 Å². The van der Waals surface area contributed by atoms with Crippen molar-refractivity contribution in [1.82, 2.24) is 15.1 Å². The Morgan fingerprint density at radius 2 is 2.42 bits per heavy atom. The molecule has 1 saturated heterocycles. The number of anilines is 1. The average molecular weight is 283 g/mol. The molecule has 2 heterocycles. The number of likely N-dealkylation sites (tertiary alicyclic amines) is 1. The van der Waals surface area contributed by atoms with Gasteiger partial charge in [0.25, 0.3) is 0 Å². The van der Waals surface area contributed by atoms with E-state index in [9.17, 15) is 4.79 Å². The third-order valence-corrected chi connectivity index (χ3v) is 4.13. The van der Waals surface area contributed by atoms with Crippen LogP contribution in [-0.4, -0.2) is 40.6 Å². The fourth-order valence-electron chi connectivity index (χ4n) is 2.24. The van der Waals surface area contributed by atoms with E-state index in [1.807, 2.05) is 0 Å². The zero-order chi connectivity index (χ0) is 13.7. The SMILES string of the molecule is CCCNc1nnc(CN2CCCC(C(N)=O)C2)s1. The Hall–Kier alpha value is -1.21. The van der Waals surface area contributed by atoms with E-state index in [1.54, 1.807) is 11.3 Å². The molecule has 1 aliphatic rings. The molecule has 7 heteroatoms. The van der Waals surface area contributed by atoms with Gasteiger partial charge < -0.3 is 11.1 Å². The van der Waals surface area contributed by atoms with Crippen molar-refractivity contribution in [3.63, 3.8) is 0 Å². The highest BCUT2D eigenvalue weighted by Crippen LogP contribution is 2.21. The summed E-state index contributed by atoms with van der Waals surface area (Å²) in [6.45, 7) is 5.54. The van der Waals surface area contributed by atoms with Crippen LogP contribution in [-0.2, 0) is 11.3 Å². The average Bonchev–Trinajstić information content (AvgIpc) is 2.84. The number of carbonyl (C=O) groups excluding carboxylic acids is 1. The van der Waals surface area contributed by atoms with Gasteiger partial charge in [-0.3, -0.25) is 9.69 Å². The Bertz CT molecular complexity index is 422. The van der Waals surface area contributed by atoms with Crippen molar-refractivity contribution >= 4 is 22.4 Å². The number of nitrogens with one attached hydrogen (secondary N) is 1. The molecular formula is C12H21N5OS. The lowest BCUT2D eigenvalue weighted by atomic mass is 9.98. The Labute approximate surface area is 117 Å². The first kappa shape index (κ1) is 14.2. The highest BCUT2D eigenvalue weighted by Gasteiger charge is 2.24. The van der Waals surface area contributed by atoms with E-state index in [0.29, 0.717) is 0 Å². The van der Waals surface area contributed by atoms with Crippen LogP contribution in [0.1, 0.15) is 31.2 Å². The molecule has 0 radical (unpaired) electrons. The van der Waals surface area contributed by atoms with E-state index >= 15 is 0 Å². The van der Waals surface area contributed by atoms with Gasteiger partial charge in [0.15, 0.2) is 0 Å². The van der Waals surface area contributed by atoms with Crippen LogP contribution in [0, 0.1) is 5.92 Å². The first-order chi connectivity index (χ1) is 9.19. The number of nitrogens with two attached hydrogens (primary N) is 1. The van der Waals surface area contributed by atoms with Crippen molar-refractivity contribution in [1.29, 1.82) is 0 Å². The van der Waals surface area contributed by atoms with Gasteiger partial charge in [0.2, 0.25) is 11.0 Å². The van der Waals surface area contributed by atoms with Gasteiger partial charge in [0, 0.05) is 13.1 Å². The van der Waals surface area contributed by atoms with Gasteiger partial charge in [-0.1, -0.05) is 18.3 Å². The van der Waals surface area contributed by atoms with Crippen LogP contribution < -0.4 is 11.1 Å². The van der Waals surface area contributed by atoms with Gasteiger partial charge in [0.1, 0.15) is 5.01 Å². The first-order valence-corrected chi connectivity index (χ1v) is 7.58. The van der Waals surface area contributed by atoms with Crippen LogP contribution in [0.15, 0.2) is 0 Å². The summed E-state index contributed by atoms with van der Waals surface area (Å²) in [5, 5.41) is 13.4. The molecule has 0 aliphatic carbocycles. The Balaban J connectivity index is 1.86. The minimum Gasteiger partial charge on any atom is -0.369 e. The number of piperidine rings is 1. The topological polar surface area (TPSA) is 84.1 Å². The molecule has 106 valence electrons. The monoisotopic (exact) mass is 283 g/mol. The van der Waals surface area contributed by atoms with Crippen LogP contribution in [0.3, 0.4) is 0 Å². The molecule has 0 spiro atoms. The Morgan fingerprint density at radius 1 is 1.58 bits per heavy atom. The summed E-state index contributed by atoms with van der Waals surface area (Å²) in [4.78, 5) is 13.5. The molecule has 1 amide bonds. The quantitative estimate of drug-likeness (QED) is 0.815. The van der Waals surface area contributed by atoms with Gasteiger partial charge >= 0.3 is 0 Å². The molecule has 1 aromatic rings. The van der Waals surface area contributed by atoms with E-state index in [0.717, 1.165) is 55.6 Å². The van der Waals surface area contributed by atoms with Gasteiger partial charge in [-0.05, 0) is 25.8 Å². The predicted molar refractivity (Wildman–Crippen MR) is 75.9 cm³/mol.